The molecule has 0 saturated heterocycles. The lowest BCUT2D eigenvalue weighted by molar-refractivity contribution is -0.126. The van der Waals surface area contributed by atoms with Crippen LogP contribution in [0.5, 0.6) is 0 Å². The van der Waals surface area contributed by atoms with E-state index in [9.17, 15) is 18.0 Å². The van der Waals surface area contributed by atoms with Crippen LogP contribution in [-0.4, -0.2) is 37.8 Å². The second-order valence-corrected chi connectivity index (χ2v) is 9.36. The van der Waals surface area contributed by atoms with Crippen molar-refractivity contribution in [1.29, 1.82) is 5.26 Å². The monoisotopic (exact) mass is 455 g/mol. The summed E-state index contributed by atoms with van der Waals surface area (Å²) in [6, 6.07) is 11.0. The highest BCUT2D eigenvalue weighted by Gasteiger charge is 2.32. The molecular formula is C22H25N5O4S. The number of hydrogen-bond acceptors (Lipinski definition) is 6. The van der Waals surface area contributed by atoms with Crippen LogP contribution in [0.2, 0.25) is 0 Å². The van der Waals surface area contributed by atoms with E-state index in [2.05, 4.69) is 20.3 Å². The van der Waals surface area contributed by atoms with Crippen molar-refractivity contribution in [2.75, 3.05) is 11.3 Å². The normalized spacial score (nSPS) is 18.2. The van der Waals surface area contributed by atoms with Crippen molar-refractivity contribution in [2.45, 2.75) is 37.5 Å². The molecule has 3 N–H and O–H groups in total. The Morgan fingerprint density at radius 2 is 1.75 bits per heavy atom. The van der Waals surface area contributed by atoms with Crippen molar-refractivity contribution in [3.05, 3.63) is 59.9 Å². The first kappa shape index (κ1) is 23.2. The zero-order valence-electron chi connectivity index (χ0n) is 17.5. The van der Waals surface area contributed by atoms with Crippen LogP contribution in [0.1, 0.15) is 41.6 Å². The topological polar surface area (TPSA) is 141 Å². The molecule has 0 aliphatic heterocycles. The predicted molar refractivity (Wildman–Crippen MR) is 119 cm³/mol. The van der Waals surface area contributed by atoms with E-state index >= 15 is 0 Å². The number of nitrogens with one attached hydrogen (secondary N) is 3. The molecule has 2 aromatic rings. The summed E-state index contributed by atoms with van der Waals surface area (Å²) in [5.74, 6) is -1.12. The van der Waals surface area contributed by atoms with E-state index in [1.54, 1.807) is 12.1 Å². The molecule has 0 unspecified atom stereocenters. The fourth-order valence-electron chi connectivity index (χ4n) is 3.73. The Kier molecular flexibility index (Phi) is 7.78. The summed E-state index contributed by atoms with van der Waals surface area (Å²) in [7, 11) is -3.61. The Hall–Kier alpha value is -3.45. The summed E-state index contributed by atoms with van der Waals surface area (Å²) in [5, 5.41) is 14.1. The number of sulfonamides is 1. The number of nitrogens with zero attached hydrogens (tertiary/aromatic N) is 2. The number of anilines is 1. The maximum atomic E-state index is 12.7. The lowest BCUT2D eigenvalue weighted by atomic mass is 9.83. The first-order valence-corrected chi connectivity index (χ1v) is 12.0. The Labute approximate surface area is 187 Å². The van der Waals surface area contributed by atoms with Gasteiger partial charge in [0.15, 0.2) is 0 Å². The summed E-state index contributed by atoms with van der Waals surface area (Å²) >= 11 is 0. The quantitative estimate of drug-likeness (QED) is 0.520. The van der Waals surface area contributed by atoms with Crippen LogP contribution in [0, 0.1) is 17.2 Å². The highest BCUT2D eigenvalue weighted by Crippen LogP contribution is 2.25. The zero-order valence-corrected chi connectivity index (χ0v) is 18.3. The molecule has 168 valence electrons. The molecule has 9 nitrogen and oxygen atoms in total. The standard InChI is InChI=1S/C22H25N5O4S/c23-11-14-25-22(29)19-3-1-2-4-20(19)26-21(28)17-5-7-18(8-6-17)27-32(30,31)15-16-9-12-24-13-10-16/h5-10,12-13,19-20,27H,1-4,14-15H2,(H,25,29)(H,26,28)/t19-,20+/m1/s1. The first-order chi connectivity index (χ1) is 15.4. The number of carbonyl (C=O) groups is 2. The third kappa shape index (κ3) is 6.52. The fraction of sp³-hybridized carbons (Fsp3) is 0.364. The lowest BCUT2D eigenvalue weighted by Crippen LogP contribution is -2.48. The van der Waals surface area contributed by atoms with E-state index in [4.69, 9.17) is 5.26 Å². The van der Waals surface area contributed by atoms with Crippen molar-refractivity contribution < 1.29 is 18.0 Å². The maximum absolute atomic E-state index is 12.7. The lowest BCUT2D eigenvalue weighted by Gasteiger charge is -2.31. The van der Waals surface area contributed by atoms with Gasteiger partial charge in [-0.05, 0) is 54.8 Å². The second kappa shape index (κ2) is 10.7. The number of pyridine rings is 1. The number of rotatable bonds is 8. The van der Waals surface area contributed by atoms with Gasteiger partial charge in [-0.1, -0.05) is 12.8 Å². The molecule has 10 heteroatoms. The van der Waals surface area contributed by atoms with Crippen LogP contribution in [0.3, 0.4) is 0 Å². The predicted octanol–water partition coefficient (Wildman–Crippen LogP) is 1.95. The molecule has 0 bridgehead atoms. The second-order valence-electron chi connectivity index (χ2n) is 7.64. The van der Waals surface area contributed by atoms with Gasteiger partial charge in [0.25, 0.3) is 5.91 Å². The molecule has 1 fully saturated rings. The molecule has 1 aliphatic rings. The first-order valence-electron chi connectivity index (χ1n) is 10.3. The number of aromatic nitrogens is 1. The third-order valence-electron chi connectivity index (χ3n) is 5.29. The summed E-state index contributed by atoms with van der Waals surface area (Å²) < 4.78 is 27.2. The summed E-state index contributed by atoms with van der Waals surface area (Å²) in [4.78, 5) is 28.9. The molecule has 1 aromatic carbocycles. The van der Waals surface area contributed by atoms with Crippen LogP contribution >= 0.6 is 0 Å². The minimum Gasteiger partial charge on any atom is -0.349 e. The van der Waals surface area contributed by atoms with Crippen LogP contribution < -0.4 is 15.4 Å². The number of benzene rings is 1. The molecule has 1 aliphatic carbocycles. The van der Waals surface area contributed by atoms with Gasteiger partial charge in [-0.15, -0.1) is 0 Å². The van der Waals surface area contributed by atoms with Gasteiger partial charge in [-0.3, -0.25) is 19.3 Å². The van der Waals surface area contributed by atoms with Crippen LogP contribution in [0.4, 0.5) is 5.69 Å². The zero-order chi connectivity index (χ0) is 23.0. The van der Waals surface area contributed by atoms with Gasteiger partial charge in [-0.25, -0.2) is 8.42 Å². The maximum Gasteiger partial charge on any atom is 0.251 e. The van der Waals surface area contributed by atoms with E-state index in [-0.39, 0.29) is 36.1 Å². The molecule has 1 heterocycles. The van der Waals surface area contributed by atoms with E-state index in [0.29, 0.717) is 29.7 Å². The van der Waals surface area contributed by atoms with Crippen molar-refractivity contribution in [3.63, 3.8) is 0 Å². The van der Waals surface area contributed by atoms with E-state index in [1.807, 2.05) is 6.07 Å². The average Bonchev–Trinajstić information content (AvgIpc) is 2.78. The van der Waals surface area contributed by atoms with Gasteiger partial charge in [0.2, 0.25) is 15.9 Å². The van der Waals surface area contributed by atoms with Gasteiger partial charge in [-0.2, -0.15) is 5.26 Å². The molecule has 3 rings (SSSR count). The highest BCUT2D eigenvalue weighted by molar-refractivity contribution is 7.91. The molecule has 2 atom stereocenters. The average molecular weight is 456 g/mol. The van der Waals surface area contributed by atoms with E-state index < -0.39 is 10.0 Å². The largest absolute Gasteiger partial charge is 0.349 e. The molecule has 0 radical (unpaired) electrons. The van der Waals surface area contributed by atoms with Crippen molar-refractivity contribution >= 4 is 27.5 Å². The van der Waals surface area contributed by atoms with Gasteiger partial charge >= 0.3 is 0 Å². The van der Waals surface area contributed by atoms with Crippen LogP contribution in [0.25, 0.3) is 0 Å². The fourth-order valence-corrected chi connectivity index (χ4v) is 4.93. The SMILES string of the molecule is N#CCNC(=O)[C@@H]1CCCC[C@@H]1NC(=O)c1ccc(NS(=O)(=O)Cc2ccncc2)cc1. The smallest absolute Gasteiger partial charge is 0.251 e. The minimum atomic E-state index is -3.61. The number of nitriles is 1. The molecule has 32 heavy (non-hydrogen) atoms. The Balaban J connectivity index is 1.60. The third-order valence-corrected chi connectivity index (χ3v) is 6.55. The summed E-state index contributed by atoms with van der Waals surface area (Å²) in [6.07, 6.45) is 6.20. The number of carbonyl (C=O) groups excluding carboxylic acids is 2. The summed E-state index contributed by atoms with van der Waals surface area (Å²) in [6.45, 7) is -0.0610. The Morgan fingerprint density at radius 3 is 2.44 bits per heavy atom. The van der Waals surface area contributed by atoms with Crippen molar-refractivity contribution in [2.24, 2.45) is 5.92 Å². The van der Waals surface area contributed by atoms with Gasteiger partial charge in [0, 0.05) is 29.7 Å². The van der Waals surface area contributed by atoms with Crippen LogP contribution in [-0.2, 0) is 20.6 Å². The van der Waals surface area contributed by atoms with E-state index in [0.717, 1.165) is 12.8 Å². The van der Waals surface area contributed by atoms with Gasteiger partial charge in [0.1, 0.15) is 6.54 Å². The molecule has 0 spiro atoms. The summed E-state index contributed by atoms with van der Waals surface area (Å²) in [5.41, 5.74) is 1.33. The Bertz CT molecular complexity index is 1080. The Morgan fingerprint density at radius 1 is 1.06 bits per heavy atom. The highest BCUT2D eigenvalue weighted by atomic mass is 32.2. The molecule has 1 saturated carbocycles. The van der Waals surface area contributed by atoms with Gasteiger partial charge in [0.05, 0.1) is 17.7 Å². The molecule has 1 aromatic heterocycles. The van der Waals surface area contributed by atoms with E-state index in [1.165, 1.54) is 36.7 Å². The number of hydrogen-bond donors (Lipinski definition) is 3. The molecule has 2 amide bonds. The van der Waals surface area contributed by atoms with Crippen molar-refractivity contribution in [1.82, 2.24) is 15.6 Å². The minimum absolute atomic E-state index is 0.0610. The van der Waals surface area contributed by atoms with Crippen LogP contribution in [0.15, 0.2) is 48.8 Å². The van der Waals surface area contributed by atoms with Gasteiger partial charge < -0.3 is 10.6 Å². The number of amides is 2. The van der Waals surface area contributed by atoms with Crippen molar-refractivity contribution in [3.8, 4) is 6.07 Å². The molecular weight excluding hydrogens is 430 g/mol.